The molecule has 6 nitrogen and oxygen atoms in total. The molecule has 0 unspecified atom stereocenters. The Hall–Kier alpha value is -3.76. The van der Waals surface area contributed by atoms with E-state index < -0.39 is 0 Å². The van der Waals surface area contributed by atoms with Gasteiger partial charge in [-0.05, 0) is 54.1 Å². The zero-order valence-corrected chi connectivity index (χ0v) is 18.8. The molecule has 4 rings (SSSR count). The number of nitrogens with zero attached hydrogens (tertiary/aromatic N) is 3. The molecule has 0 aliphatic rings. The minimum absolute atomic E-state index is 0.336. The van der Waals surface area contributed by atoms with Crippen LogP contribution in [0.2, 0.25) is 0 Å². The average Bonchev–Trinajstić information content (AvgIpc) is 2.83. The number of rotatable bonds is 6. The van der Waals surface area contributed by atoms with Gasteiger partial charge in [0.1, 0.15) is 11.3 Å². The number of aromatic nitrogens is 3. The molecule has 2 heterocycles. The van der Waals surface area contributed by atoms with Crippen LogP contribution >= 0.6 is 11.8 Å². The highest BCUT2D eigenvalue weighted by Gasteiger charge is 2.13. The topological polar surface area (TPSA) is 66.4 Å². The SMILES string of the molecule is CCSc1ccccc1Oc1nc2cccnc2nc1C#Cc1ccc(OC)c(OC)c1. The third-order valence-corrected chi connectivity index (χ3v) is 5.41. The highest BCUT2D eigenvalue weighted by molar-refractivity contribution is 7.99. The van der Waals surface area contributed by atoms with Crippen molar-refractivity contribution in [1.29, 1.82) is 0 Å². The van der Waals surface area contributed by atoms with Crippen LogP contribution in [0, 0.1) is 11.8 Å². The molecule has 160 valence electrons. The second kappa shape index (κ2) is 10.0. The number of ether oxygens (including phenoxy) is 3. The first-order valence-electron chi connectivity index (χ1n) is 9.98. The Morgan fingerprint density at radius 1 is 0.875 bits per heavy atom. The van der Waals surface area contributed by atoms with Crippen molar-refractivity contribution in [1.82, 2.24) is 15.0 Å². The fourth-order valence-electron chi connectivity index (χ4n) is 2.99. The van der Waals surface area contributed by atoms with Crippen LogP contribution in [0.3, 0.4) is 0 Å². The maximum Gasteiger partial charge on any atom is 0.255 e. The van der Waals surface area contributed by atoms with Gasteiger partial charge in [0.15, 0.2) is 22.8 Å². The molecule has 0 radical (unpaired) electrons. The van der Waals surface area contributed by atoms with Crippen LogP contribution in [0.15, 0.2) is 65.7 Å². The van der Waals surface area contributed by atoms with Crippen LogP contribution in [0.1, 0.15) is 18.2 Å². The Bertz CT molecular complexity index is 1310. The number of benzene rings is 2. The minimum Gasteiger partial charge on any atom is -0.493 e. The van der Waals surface area contributed by atoms with E-state index >= 15 is 0 Å². The van der Waals surface area contributed by atoms with Crippen molar-refractivity contribution < 1.29 is 14.2 Å². The lowest BCUT2D eigenvalue weighted by Crippen LogP contribution is -1.99. The second-order valence-corrected chi connectivity index (χ2v) is 7.83. The summed E-state index contributed by atoms with van der Waals surface area (Å²) < 4.78 is 16.9. The molecule has 0 aliphatic heterocycles. The Labute approximate surface area is 191 Å². The quantitative estimate of drug-likeness (QED) is 0.294. The lowest BCUT2D eigenvalue weighted by Gasteiger charge is -2.11. The highest BCUT2D eigenvalue weighted by atomic mass is 32.2. The number of methoxy groups -OCH3 is 2. The molecule has 0 saturated heterocycles. The largest absolute Gasteiger partial charge is 0.493 e. The standard InChI is InChI=1S/C25H21N3O3S/c1-4-32-23-10-6-5-9-21(23)31-25-19(27-24-18(28-25)8-7-15-26-24)13-11-17-12-14-20(29-2)22(16-17)30-3/h5-10,12,14-16H,4H2,1-3H3. The summed E-state index contributed by atoms with van der Waals surface area (Å²) in [5.41, 5.74) is 2.30. The monoisotopic (exact) mass is 443 g/mol. The second-order valence-electron chi connectivity index (χ2n) is 6.53. The summed E-state index contributed by atoms with van der Waals surface area (Å²) in [6, 6.07) is 17.0. The molecular weight excluding hydrogens is 422 g/mol. The van der Waals surface area contributed by atoms with Gasteiger partial charge >= 0.3 is 0 Å². The summed E-state index contributed by atoms with van der Waals surface area (Å²) in [4.78, 5) is 14.6. The molecule has 0 fully saturated rings. The third kappa shape index (κ3) is 4.76. The van der Waals surface area contributed by atoms with Gasteiger partial charge in [-0.3, -0.25) is 0 Å². The number of hydrogen-bond acceptors (Lipinski definition) is 7. The lowest BCUT2D eigenvalue weighted by molar-refractivity contribution is 0.355. The predicted octanol–water partition coefficient (Wildman–Crippen LogP) is 5.35. The van der Waals surface area contributed by atoms with Crippen molar-refractivity contribution in [3.63, 3.8) is 0 Å². The molecule has 0 atom stereocenters. The molecule has 0 amide bonds. The zero-order valence-electron chi connectivity index (χ0n) is 18.0. The van der Waals surface area contributed by atoms with E-state index in [-0.39, 0.29) is 0 Å². The maximum atomic E-state index is 6.20. The van der Waals surface area contributed by atoms with E-state index in [1.165, 1.54) is 0 Å². The van der Waals surface area contributed by atoms with Gasteiger partial charge in [-0.2, -0.15) is 0 Å². The van der Waals surface area contributed by atoms with Gasteiger partial charge in [0.2, 0.25) is 0 Å². The molecule has 0 saturated carbocycles. The summed E-state index contributed by atoms with van der Waals surface area (Å²) in [5.74, 6) is 9.43. The summed E-state index contributed by atoms with van der Waals surface area (Å²) in [7, 11) is 3.19. The van der Waals surface area contributed by atoms with Crippen molar-refractivity contribution in [2.24, 2.45) is 0 Å². The molecular formula is C25H21N3O3S. The first-order chi connectivity index (χ1) is 15.7. The summed E-state index contributed by atoms with van der Waals surface area (Å²) in [6.45, 7) is 2.10. The van der Waals surface area contributed by atoms with Crippen molar-refractivity contribution in [2.75, 3.05) is 20.0 Å². The molecule has 0 bridgehead atoms. The van der Waals surface area contributed by atoms with Crippen molar-refractivity contribution in [3.8, 4) is 35.0 Å². The maximum absolute atomic E-state index is 6.20. The van der Waals surface area contributed by atoms with E-state index in [2.05, 4.69) is 33.7 Å². The molecule has 0 N–H and O–H groups in total. The Balaban J connectivity index is 1.77. The fourth-order valence-corrected chi connectivity index (χ4v) is 3.73. The smallest absolute Gasteiger partial charge is 0.255 e. The van der Waals surface area contributed by atoms with Crippen LogP contribution in [-0.4, -0.2) is 34.9 Å². The van der Waals surface area contributed by atoms with E-state index in [4.69, 9.17) is 14.2 Å². The van der Waals surface area contributed by atoms with Crippen LogP contribution in [0.4, 0.5) is 0 Å². The Kier molecular flexibility index (Phi) is 6.73. The van der Waals surface area contributed by atoms with Crippen molar-refractivity contribution in [3.05, 3.63) is 72.1 Å². The zero-order chi connectivity index (χ0) is 22.3. The summed E-state index contributed by atoms with van der Waals surface area (Å²) >= 11 is 1.70. The van der Waals surface area contributed by atoms with E-state index in [1.54, 1.807) is 32.2 Å². The van der Waals surface area contributed by atoms with Gasteiger partial charge in [0.05, 0.1) is 19.1 Å². The highest BCUT2D eigenvalue weighted by Crippen LogP contribution is 2.33. The molecule has 32 heavy (non-hydrogen) atoms. The fraction of sp³-hybridized carbons (Fsp3) is 0.160. The molecule has 0 spiro atoms. The molecule has 2 aromatic carbocycles. The summed E-state index contributed by atoms with van der Waals surface area (Å²) in [5, 5.41) is 0. The van der Waals surface area contributed by atoms with Crippen molar-refractivity contribution >= 4 is 22.9 Å². The minimum atomic E-state index is 0.336. The van der Waals surface area contributed by atoms with Gasteiger partial charge in [-0.15, -0.1) is 11.8 Å². The first-order valence-corrected chi connectivity index (χ1v) is 11.0. The van der Waals surface area contributed by atoms with E-state index in [0.29, 0.717) is 40.0 Å². The average molecular weight is 444 g/mol. The molecule has 7 heteroatoms. The Morgan fingerprint density at radius 3 is 2.53 bits per heavy atom. The van der Waals surface area contributed by atoms with Gasteiger partial charge in [0, 0.05) is 11.8 Å². The molecule has 4 aromatic rings. The van der Waals surface area contributed by atoms with Crippen LogP contribution in [0.25, 0.3) is 11.2 Å². The Morgan fingerprint density at radius 2 is 1.72 bits per heavy atom. The van der Waals surface area contributed by atoms with Gasteiger partial charge < -0.3 is 14.2 Å². The van der Waals surface area contributed by atoms with Crippen LogP contribution in [-0.2, 0) is 0 Å². The molecule has 0 aliphatic carbocycles. The summed E-state index contributed by atoms with van der Waals surface area (Å²) in [6.07, 6.45) is 1.68. The predicted molar refractivity (Wildman–Crippen MR) is 126 cm³/mol. The normalized spacial score (nSPS) is 10.3. The lowest BCUT2D eigenvalue weighted by atomic mass is 10.2. The van der Waals surface area contributed by atoms with Gasteiger partial charge in [-0.25, -0.2) is 15.0 Å². The van der Waals surface area contributed by atoms with E-state index in [0.717, 1.165) is 16.2 Å². The van der Waals surface area contributed by atoms with Gasteiger partial charge in [0.25, 0.3) is 5.88 Å². The number of hydrogen-bond donors (Lipinski definition) is 0. The van der Waals surface area contributed by atoms with Gasteiger partial charge in [-0.1, -0.05) is 25.0 Å². The van der Waals surface area contributed by atoms with E-state index in [9.17, 15) is 0 Å². The first kappa shape index (κ1) is 21.5. The van der Waals surface area contributed by atoms with Crippen LogP contribution in [0.5, 0.6) is 23.1 Å². The van der Waals surface area contributed by atoms with E-state index in [1.807, 2.05) is 54.6 Å². The number of fused-ring (bicyclic) bond motifs is 1. The number of pyridine rings is 1. The van der Waals surface area contributed by atoms with Crippen LogP contribution < -0.4 is 14.2 Å². The molecule has 2 aromatic heterocycles. The third-order valence-electron chi connectivity index (χ3n) is 4.47. The number of para-hydroxylation sites is 1. The number of thioether (sulfide) groups is 1. The van der Waals surface area contributed by atoms with Crippen molar-refractivity contribution in [2.45, 2.75) is 11.8 Å².